The molecule has 2 heterocycles. The zero-order valence-corrected chi connectivity index (χ0v) is 9.10. The zero-order chi connectivity index (χ0) is 11.8. The number of aromatic nitrogens is 1. The number of esters is 1. The summed E-state index contributed by atoms with van der Waals surface area (Å²) >= 11 is 0. The van der Waals surface area contributed by atoms with E-state index in [1.54, 1.807) is 6.20 Å². The van der Waals surface area contributed by atoms with E-state index >= 15 is 0 Å². The van der Waals surface area contributed by atoms with Gasteiger partial charge in [0.15, 0.2) is 6.10 Å². The number of carbonyl (C=O) groups is 2. The van der Waals surface area contributed by atoms with Crippen LogP contribution in [0.3, 0.4) is 0 Å². The van der Waals surface area contributed by atoms with Crippen LogP contribution < -0.4 is 0 Å². The zero-order valence-electron chi connectivity index (χ0n) is 9.10. The number of Topliss-reactive ketones (excluding diaryl/α,β-unsaturated/α-hetero) is 1. The minimum absolute atomic E-state index is 0.117. The third-order valence-corrected chi connectivity index (χ3v) is 3.03. The highest BCUT2D eigenvalue weighted by Crippen LogP contribution is 2.23. The molecule has 1 aromatic carbocycles. The third kappa shape index (κ3) is 1.62. The van der Waals surface area contributed by atoms with Gasteiger partial charge in [-0.1, -0.05) is 18.2 Å². The molecule has 4 nitrogen and oxygen atoms in total. The van der Waals surface area contributed by atoms with Crippen LogP contribution in [0.15, 0.2) is 30.5 Å². The van der Waals surface area contributed by atoms with E-state index in [2.05, 4.69) is 4.98 Å². The molecule has 0 aliphatic carbocycles. The topological polar surface area (TPSA) is 59.2 Å². The highest BCUT2D eigenvalue weighted by Gasteiger charge is 2.31. The summed E-state index contributed by atoms with van der Waals surface area (Å²) < 4.78 is 4.99. The van der Waals surface area contributed by atoms with E-state index in [0.717, 1.165) is 10.9 Å². The number of benzene rings is 1. The predicted molar refractivity (Wildman–Crippen MR) is 61.7 cm³/mol. The Bertz CT molecular complexity index is 599. The molecule has 1 unspecified atom stereocenters. The second-order valence-corrected chi connectivity index (χ2v) is 4.13. The molecule has 1 saturated heterocycles. The number of nitrogens with one attached hydrogen (secondary N) is 1. The molecule has 0 radical (unpaired) electrons. The summed E-state index contributed by atoms with van der Waals surface area (Å²) in [5, 5.41) is 0.875. The lowest BCUT2D eigenvalue weighted by molar-refractivity contribution is -0.140. The van der Waals surface area contributed by atoms with E-state index in [0.29, 0.717) is 18.4 Å². The SMILES string of the molecule is O=C1CCC(C(=O)c2c[nH]c3ccccc23)O1. The van der Waals surface area contributed by atoms with E-state index in [4.69, 9.17) is 4.74 Å². The van der Waals surface area contributed by atoms with Gasteiger partial charge >= 0.3 is 5.97 Å². The summed E-state index contributed by atoms with van der Waals surface area (Å²) in [4.78, 5) is 26.2. The van der Waals surface area contributed by atoms with Crippen molar-refractivity contribution in [2.45, 2.75) is 18.9 Å². The normalized spacial score (nSPS) is 19.5. The number of cyclic esters (lactones) is 1. The van der Waals surface area contributed by atoms with Crippen LogP contribution in [0, 0.1) is 0 Å². The maximum Gasteiger partial charge on any atom is 0.306 e. The van der Waals surface area contributed by atoms with Crippen LogP contribution in [-0.2, 0) is 9.53 Å². The van der Waals surface area contributed by atoms with Gasteiger partial charge in [-0.2, -0.15) is 0 Å². The summed E-state index contributed by atoms with van der Waals surface area (Å²) in [5.41, 5.74) is 1.51. The lowest BCUT2D eigenvalue weighted by Crippen LogP contribution is -2.19. The Hall–Kier alpha value is -2.10. The smallest absolute Gasteiger partial charge is 0.306 e. The monoisotopic (exact) mass is 229 g/mol. The van der Waals surface area contributed by atoms with Crippen molar-refractivity contribution in [3.05, 3.63) is 36.0 Å². The van der Waals surface area contributed by atoms with Crippen LogP contribution in [0.5, 0.6) is 0 Å². The Kier molecular flexibility index (Phi) is 2.21. The van der Waals surface area contributed by atoms with Gasteiger partial charge < -0.3 is 9.72 Å². The number of rotatable bonds is 2. The van der Waals surface area contributed by atoms with Gasteiger partial charge in [0.1, 0.15) is 0 Å². The molecular formula is C13H11NO3. The van der Waals surface area contributed by atoms with Gasteiger partial charge in [-0.25, -0.2) is 0 Å². The van der Waals surface area contributed by atoms with E-state index < -0.39 is 6.10 Å². The van der Waals surface area contributed by atoms with Gasteiger partial charge in [0, 0.05) is 35.5 Å². The fraction of sp³-hybridized carbons (Fsp3) is 0.231. The van der Waals surface area contributed by atoms with Crippen molar-refractivity contribution in [3.63, 3.8) is 0 Å². The first kappa shape index (κ1) is 10.1. The molecule has 1 N–H and O–H groups in total. The molecule has 17 heavy (non-hydrogen) atoms. The molecule has 1 aliphatic rings. The van der Waals surface area contributed by atoms with Gasteiger partial charge in [0.05, 0.1) is 0 Å². The van der Waals surface area contributed by atoms with Crippen molar-refractivity contribution >= 4 is 22.7 Å². The van der Waals surface area contributed by atoms with Crippen LogP contribution in [-0.4, -0.2) is 22.8 Å². The molecule has 86 valence electrons. The minimum Gasteiger partial charge on any atom is -0.454 e. The number of aromatic amines is 1. The van der Waals surface area contributed by atoms with Gasteiger partial charge in [0.2, 0.25) is 5.78 Å². The lowest BCUT2D eigenvalue weighted by Gasteiger charge is -2.06. The lowest BCUT2D eigenvalue weighted by atomic mass is 10.0. The van der Waals surface area contributed by atoms with Gasteiger partial charge in [-0.15, -0.1) is 0 Å². The summed E-state index contributed by atoms with van der Waals surface area (Å²) in [5.74, 6) is -0.406. The first-order valence-electron chi connectivity index (χ1n) is 5.55. The maximum atomic E-state index is 12.2. The van der Waals surface area contributed by atoms with Crippen LogP contribution in [0.2, 0.25) is 0 Å². The largest absolute Gasteiger partial charge is 0.454 e. The highest BCUT2D eigenvalue weighted by atomic mass is 16.6. The Morgan fingerprint density at radius 2 is 2.18 bits per heavy atom. The fourth-order valence-electron chi connectivity index (χ4n) is 2.16. The molecular weight excluding hydrogens is 218 g/mol. The second kappa shape index (κ2) is 3.73. The minimum atomic E-state index is -0.610. The van der Waals surface area contributed by atoms with Crippen molar-refractivity contribution in [1.29, 1.82) is 0 Å². The Morgan fingerprint density at radius 3 is 2.94 bits per heavy atom. The first-order valence-corrected chi connectivity index (χ1v) is 5.55. The maximum absolute atomic E-state index is 12.2. The quantitative estimate of drug-likeness (QED) is 0.633. The Morgan fingerprint density at radius 1 is 1.35 bits per heavy atom. The summed E-state index contributed by atoms with van der Waals surface area (Å²) in [6.45, 7) is 0. The summed E-state index contributed by atoms with van der Waals surface area (Å²) in [6, 6.07) is 7.58. The number of hydrogen-bond acceptors (Lipinski definition) is 3. The molecule has 3 rings (SSSR count). The van der Waals surface area contributed by atoms with Crippen LogP contribution in [0.4, 0.5) is 0 Å². The molecule has 1 aromatic heterocycles. The van der Waals surface area contributed by atoms with Crippen molar-refractivity contribution < 1.29 is 14.3 Å². The van der Waals surface area contributed by atoms with Crippen molar-refractivity contribution in [2.75, 3.05) is 0 Å². The van der Waals surface area contributed by atoms with E-state index in [1.807, 2.05) is 24.3 Å². The standard InChI is InChI=1S/C13H11NO3/c15-12-6-5-11(17-12)13(16)9-7-14-10-4-2-1-3-8(9)10/h1-4,7,11,14H,5-6H2. The summed E-state index contributed by atoms with van der Waals surface area (Å²) in [6.07, 6.45) is 1.89. The van der Waals surface area contributed by atoms with Crippen molar-refractivity contribution in [2.24, 2.45) is 0 Å². The number of H-pyrrole nitrogens is 1. The molecule has 2 aromatic rings. The Labute approximate surface area is 97.6 Å². The predicted octanol–water partition coefficient (Wildman–Crippen LogP) is 2.06. The number of para-hydroxylation sites is 1. The van der Waals surface area contributed by atoms with E-state index in [-0.39, 0.29) is 11.8 Å². The molecule has 1 atom stereocenters. The molecule has 0 bridgehead atoms. The average molecular weight is 229 g/mol. The number of carbonyl (C=O) groups excluding carboxylic acids is 2. The van der Waals surface area contributed by atoms with Gasteiger partial charge in [0.25, 0.3) is 0 Å². The number of ketones is 1. The van der Waals surface area contributed by atoms with Crippen LogP contribution in [0.1, 0.15) is 23.2 Å². The van der Waals surface area contributed by atoms with Crippen molar-refractivity contribution in [1.82, 2.24) is 4.98 Å². The Balaban J connectivity index is 1.98. The van der Waals surface area contributed by atoms with Crippen LogP contribution >= 0.6 is 0 Å². The summed E-state index contributed by atoms with van der Waals surface area (Å²) in [7, 11) is 0. The molecule has 4 heteroatoms. The number of hydrogen-bond donors (Lipinski definition) is 1. The highest BCUT2D eigenvalue weighted by molar-refractivity contribution is 6.10. The van der Waals surface area contributed by atoms with E-state index in [9.17, 15) is 9.59 Å². The van der Waals surface area contributed by atoms with Gasteiger partial charge in [-0.05, 0) is 6.07 Å². The fourth-order valence-corrected chi connectivity index (χ4v) is 2.16. The van der Waals surface area contributed by atoms with Crippen molar-refractivity contribution in [3.8, 4) is 0 Å². The molecule has 1 fully saturated rings. The number of fused-ring (bicyclic) bond motifs is 1. The van der Waals surface area contributed by atoms with Crippen LogP contribution in [0.25, 0.3) is 10.9 Å². The first-order chi connectivity index (χ1) is 8.25. The van der Waals surface area contributed by atoms with Gasteiger partial charge in [-0.3, -0.25) is 9.59 Å². The van der Waals surface area contributed by atoms with E-state index in [1.165, 1.54) is 0 Å². The number of ether oxygens (including phenoxy) is 1. The molecule has 1 aliphatic heterocycles. The third-order valence-electron chi connectivity index (χ3n) is 3.03. The molecule has 0 saturated carbocycles. The second-order valence-electron chi connectivity index (χ2n) is 4.13. The molecule has 0 spiro atoms. The molecule has 0 amide bonds. The average Bonchev–Trinajstić information content (AvgIpc) is 2.94.